The van der Waals surface area contributed by atoms with Gasteiger partial charge in [0.2, 0.25) is 0 Å². The lowest BCUT2D eigenvalue weighted by atomic mass is 10.2. The van der Waals surface area contributed by atoms with Crippen LogP contribution < -0.4 is 0 Å². The van der Waals surface area contributed by atoms with Crippen LogP contribution in [0.3, 0.4) is 0 Å². The fraction of sp³-hybridized carbons (Fsp3) is 0. The number of carbonyl (C=O) groups excluding carboxylic acids is 1. The van der Waals surface area contributed by atoms with Crippen LogP contribution in [0.4, 0.5) is 8.78 Å². The summed E-state index contributed by atoms with van der Waals surface area (Å²) >= 11 is 0. The van der Waals surface area contributed by atoms with Crippen molar-refractivity contribution in [1.82, 2.24) is 14.8 Å². The van der Waals surface area contributed by atoms with Crippen molar-refractivity contribution in [3.05, 3.63) is 60.2 Å². The van der Waals surface area contributed by atoms with Crippen molar-refractivity contribution < 1.29 is 13.6 Å². The second kappa shape index (κ2) is 5.88. The molecule has 3 rings (SSSR count). The summed E-state index contributed by atoms with van der Waals surface area (Å²) < 4.78 is 27.0. The van der Waals surface area contributed by atoms with Gasteiger partial charge in [0.25, 0.3) is 5.91 Å². The first-order valence-corrected chi connectivity index (χ1v) is 6.62. The molecule has 1 heterocycles. The van der Waals surface area contributed by atoms with Crippen molar-refractivity contribution in [2.75, 3.05) is 0 Å². The molecule has 5 nitrogen and oxygen atoms in total. The van der Waals surface area contributed by atoms with E-state index in [-0.39, 0.29) is 11.6 Å². The van der Waals surface area contributed by atoms with Gasteiger partial charge in [-0.15, -0.1) is 5.10 Å². The smallest absolute Gasteiger partial charge is 0.290 e. The lowest BCUT2D eigenvalue weighted by Gasteiger charge is -2.00. The number of halogens is 2. The zero-order valence-electron chi connectivity index (χ0n) is 11.7. The highest BCUT2D eigenvalue weighted by molar-refractivity contribution is 6.26. The summed E-state index contributed by atoms with van der Waals surface area (Å²) in [5, 5.41) is 11.2. The van der Waals surface area contributed by atoms with Crippen molar-refractivity contribution in [3.8, 4) is 22.8 Å². The van der Waals surface area contributed by atoms with Gasteiger partial charge in [0.1, 0.15) is 11.6 Å². The maximum Gasteiger partial charge on any atom is 0.290 e. The van der Waals surface area contributed by atoms with Crippen LogP contribution in [0.5, 0.6) is 0 Å². The van der Waals surface area contributed by atoms with E-state index in [1.165, 1.54) is 48.5 Å². The highest BCUT2D eigenvalue weighted by Crippen LogP contribution is 2.23. The van der Waals surface area contributed by atoms with Gasteiger partial charge in [-0.25, -0.2) is 13.8 Å². The van der Waals surface area contributed by atoms with Crippen LogP contribution in [-0.2, 0) is 0 Å². The Balaban J connectivity index is 2.14. The highest BCUT2D eigenvalue weighted by atomic mass is 19.1. The molecule has 7 heteroatoms. The van der Waals surface area contributed by atoms with Crippen LogP contribution in [0.1, 0.15) is 4.79 Å². The average molecular weight is 312 g/mol. The fourth-order valence-electron chi connectivity index (χ4n) is 2.03. The maximum atomic E-state index is 13.1. The molecule has 0 aliphatic carbocycles. The van der Waals surface area contributed by atoms with E-state index in [1.54, 1.807) is 0 Å². The maximum absolute atomic E-state index is 13.1. The zero-order valence-corrected chi connectivity index (χ0v) is 11.7. The Hall–Kier alpha value is -3.22. The first-order valence-electron chi connectivity index (χ1n) is 6.62. The summed E-state index contributed by atoms with van der Waals surface area (Å²) in [4.78, 5) is 16.1. The Kier molecular flexibility index (Phi) is 3.76. The third-order valence-corrected chi connectivity index (χ3v) is 3.14. The topological polar surface area (TPSA) is 71.6 Å². The van der Waals surface area contributed by atoms with Crippen molar-refractivity contribution >= 4 is 12.1 Å². The Bertz CT molecular complexity index is 870. The average Bonchev–Trinajstić information content (AvgIpc) is 3.00. The monoisotopic (exact) mass is 312 g/mol. The summed E-state index contributed by atoms with van der Waals surface area (Å²) in [7, 11) is 0. The van der Waals surface area contributed by atoms with Crippen molar-refractivity contribution in [1.29, 1.82) is 5.41 Å². The highest BCUT2D eigenvalue weighted by Gasteiger charge is 2.17. The molecule has 2 aromatic carbocycles. The second-order valence-corrected chi connectivity index (χ2v) is 4.67. The van der Waals surface area contributed by atoms with Gasteiger partial charge < -0.3 is 5.41 Å². The second-order valence-electron chi connectivity index (χ2n) is 4.67. The molecule has 3 aromatic rings. The molecule has 23 heavy (non-hydrogen) atoms. The van der Waals surface area contributed by atoms with Crippen LogP contribution in [0.15, 0.2) is 48.5 Å². The number of nitrogens with one attached hydrogen (secondary N) is 1. The number of hydrogen-bond acceptors (Lipinski definition) is 4. The number of hydrogen-bond donors (Lipinski definition) is 1. The molecule has 0 fully saturated rings. The van der Waals surface area contributed by atoms with E-state index < -0.39 is 17.5 Å². The largest absolute Gasteiger partial charge is 0.303 e. The minimum Gasteiger partial charge on any atom is -0.303 e. The molecular formula is C16H10F2N4O. The lowest BCUT2D eigenvalue weighted by molar-refractivity contribution is 0.0982. The van der Waals surface area contributed by atoms with Gasteiger partial charge in [0.15, 0.2) is 11.6 Å². The summed E-state index contributed by atoms with van der Waals surface area (Å²) in [6, 6.07) is 10.9. The third kappa shape index (κ3) is 2.89. The summed E-state index contributed by atoms with van der Waals surface area (Å²) in [5.74, 6) is -1.12. The Labute approximate surface area is 129 Å². The van der Waals surface area contributed by atoms with Crippen LogP contribution >= 0.6 is 0 Å². The molecule has 0 aliphatic heterocycles. The first-order chi connectivity index (χ1) is 11.1. The Morgan fingerprint density at radius 3 is 2.00 bits per heavy atom. The molecule has 0 radical (unpaired) electrons. The van der Waals surface area contributed by atoms with Crippen LogP contribution in [0, 0.1) is 17.0 Å². The summed E-state index contributed by atoms with van der Waals surface area (Å²) in [6.07, 6.45) is 0.607. The van der Waals surface area contributed by atoms with Crippen LogP contribution in [0.25, 0.3) is 22.8 Å². The first kappa shape index (κ1) is 14.7. The van der Waals surface area contributed by atoms with Crippen molar-refractivity contribution in [2.45, 2.75) is 0 Å². The number of aromatic nitrogens is 3. The predicted octanol–water partition coefficient (Wildman–Crippen LogP) is 3.18. The lowest BCUT2D eigenvalue weighted by Crippen LogP contribution is -2.14. The van der Waals surface area contributed by atoms with E-state index in [2.05, 4.69) is 10.1 Å². The molecule has 0 bridgehead atoms. The van der Waals surface area contributed by atoms with E-state index in [4.69, 9.17) is 5.41 Å². The van der Waals surface area contributed by atoms with Gasteiger partial charge in [-0.05, 0) is 48.5 Å². The molecule has 1 aromatic heterocycles. The molecule has 0 amide bonds. The fourth-order valence-corrected chi connectivity index (χ4v) is 2.03. The minimum atomic E-state index is -0.690. The number of carbonyl (C=O) groups is 1. The number of nitrogens with zero attached hydrogens (tertiary/aromatic N) is 3. The van der Waals surface area contributed by atoms with Crippen molar-refractivity contribution in [2.24, 2.45) is 0 Å². The normalized spacial score (nSPS) is 10.5. The summed E-state index contributed by atoms with van der Waals surface area (Å²) in [5.41, 5.74) is 0.994. The van der Waals surface area contributed by atoms with Crippen molar-refractivity contribution in [3.63, 3.8) is 0 Å². The van der Waals surface area contributed by atoms with Gasteiger partial charge in [-0.3, -0.25) is 4.79 Å². The Morgan fingerprint density at radius 2 is 1.48 bits per heavy atom. The molecular weight excluding hydrogens is 302 g/mol. The SMILES string of the molecule is N=CC(=O)n1nc(-c2ccc(F)cc2)nc1-c1ccc(F)cc1. The van der Waals surface area contributed by atoms with E-state index in [1.807, 2.05) is 0 Å². The molecule has 0 saturated heterocycles. The summed E-state index contributed by atoms with van der Waals surface area (Å²) in [6.45, 7) is 0. The van der Waals surface area contributed by atoms with E-state index in [0.717, 1.165) is 4.68 Å². The molecule has 0 unspecified atom stereocenters. The van der Waals surface area contributed by atoms with Gasteiger partial charge in [-0.1, -0.05) is 0 Å². The van der Waals surface area contributed by atoms with Gasteiger partial charge in [0.05, 0.1) is 6.21 Å². The quantitative estimate of drug-likeness (QED) is 0.755. The van der Waals surface area contributed by atoms with Crippen LogP contribution in [0.2, 0.25) is 0 Å². The molecule has 0 atom stereocenters. The van der Waals surface area contributed by atoms with Crippen LogP contribution in [-0.4, -0.2) is 26.9 Å². The molecule has 1 N–H and O–H groups in total. The van der Waals surface area contributed by atoms with Gasteiger partial charge >= 0.3 is 0 Å². The molecule has 0 aliphatic rings. The van der Waals surface area contributed by atoms with Gasteiger partial charge in [0, 0.05) is 11.1 Å². The van der Waals surface area contributed by atoms with E-state index in [9.17, 15) is 13.6 Å². The predicted molar refractivity (Wildman–Crippen MR) is 80.2 cm³/mol. The van der Waals surface area contributed by atoms with Gasteiger partial charge in [-0.2, -0.15) is 4.68 Å². The zero-order chi connectivity index (χ0) is 16.4. The van der Waals surface area contributed by atoms with E-state index in [0.29, 0.717) is 17.3 Å². The van der Waals surface area contributed by atoms with E-state index >= 15 is 0 Å². The number of benzene rings is 2. The molecule has 0 saturated carbocycles. The molecule has 114 valence electrons. The number of rotatable bonds is 3. The Morgan fingerprint density at radius 1 is 0.957 bits per heavy atom. The standard InChI is InChI=1S/C16H10F2N4O/c17-12-5-1-10(2-6-12)15-20-16(22(21-15)14(23)9-19)11-3-7-13(18)8-4-11/h1-9,19H. The third-order valence-electron chi connectivity index (χ3n) is 3.14. The molecule has 0 spiro atoms. The minimum absolute atomic E-state index is 0.179.